The molecule has 0 aliphatic carbocycles. The predicted molar refractivity (Wildman–Crippen MR) is 65.6 cm³/mol. The number of hydrogen-bond donors (Lipinski definition) is 2. The molecule has 0 amide bonds. The molecule has 1 atom stereocenters. The highest BCUT2D eigenvalue weighted by Crippen LogP contribution is 2.15. The van der Waals surface area contributed by atoms with Crippen LogP contribution >= 0.6 is 0 Å². The number of aromatic nitrogens is 1. The lowest BCUT2D eigenvalue weighted by molar-refractivity contribution is 0.759. The van der Waals surface area contributed by atoms with Gasteiger partial charge in [0.1, 0.15) is 0 Å². The summed E-state index contributed by atoms with van der Waals surface area (Å²) in [5, 5.41) is 1.25. The monoisotopic (exact) mass is 200 g/mol. The van der Waals surface area contributed by atoms with E-state index in [1.54, 1.807) is 0 Å². The van der Waals surface area contributed by atoms with E-state index in [2.05, 4.69) is 41.4 Å². The number of benzene rings is 1. The Bertz CT molecular complexity index is 466. The van der Waals surface area contributed by atoms with E-state index in [4.69, 9.17) is 5.73 Å². The lowest BCUT2D eigenvalue weighted by atomic mass is 10.1. The molecule has 3 N–H and O–H groups in total. The summed E-state index contributed by atoms with van der Waals surface area (Å²) in [7, 11) is 0. The Balaban J connectivity index is 2.17. The number of aromatic amines is 1. The number of nitrogens with two attached hydrogens (primary N) is 1. The van der Waals surface area contributed by atoms with Gasteiger partial charge in [-0.3, -0.25) is 0 Å². The van der Waals surface area contributed by atoms with Gasteiger partial charge in [0.05, 0.1) is 0 Å². The molecule has 0 saturated heterocycles. The fourth-order valence-electron chi connectivity index (χ4n) is 1.59. The summed E-state index contributed by atoms with van der Waals surface area (Å²) in [5.74, 6) is 0. The Kier molecular flexibility index (Phi) is 2.88. The Labute approximate surface area is 89.8 Å². The number of rotatable bonds is 3. The third kappa shape index (κ3) is 2.48. The van der Waals surface area contributed by atoms with Crippen LogP contribution < -0.4 is 5.73 Å². The molecule has 0 aliphatic heterocycles. The molecule has 2 nitrogen and oxygen atoms in total. The number of H-pyrrole nitrogens is 1. The Hall–Kier alpha value is -1.54. The highest BCUT2D eigenvalue weighted by Gasteiger charge is 1.94. The molecule has 0 fully saturated rings. The van der Waals surface area contributed by atoms with Crippen LogP contribution in [-0.2, 0) is 0 Å². The van der Waals surface area contributed by atoms with Gasteiger partial charge in [-0.25, -0.2) is 0 Å². The maximum Gasteiger partial charge on any atom is 0.0459 e. The molecule has 2 rings (SSSR count). The molecule has 0 spiro atoms. The lowest BCUT2D eigenvalue weighted by Gasteiger charge is -1.98. The van der Waals surface area contributed by atoms with E-state index in [1.165, 1.54) is 16.5 Å². The van der Waals surface area contributed by atoms with Crippen LogP contribution in [0, 0.1) is 0 Å². The van der Waals surface area contributed by atoms with Gasteiger partial charge < -0.3 is 10.7 Å². The van der Waals surface area contributed by atoms with Crippen molar-refractivity contribution < 1.29 is 0 Å². The molecule has 1 unspecified atom stereocenters. The molecule has 2 heteroatoms. The minimum atomic E-state index is 0.232. The maximum absolute atomic E-state index is 5.67. The first-order valence-electron chi connectivity index (χ1n) is 5.25. The third-order valence-corrected chi connectivity index (χ3v) is 2.40. The Morgan fingerprint density at radius 2 is 2.27 bits per heavy atom. The van der Waals surface area contributed by atoms with E-state index in [-0.39, 0.29) is 6.04 Å². The minimum Gasteiger partial charge on any atom is -0.361 e. The summed E-state index contributed by atoms with van der Waals surface area (Å²) in [6.45, 7) is 2.01. The number of fused-ring (bicyclic) bond motifs is 1. The first kappa shape index (κ1) is 9.99. The van der Waals surface area contributed by atoms with Gasteiger partial charge >= 0.3 is 0 Å². The molecule has 0 saturated carbocycles. The quantitative estimate of drug-likeness (QED) is 0.786. The largest absolute Gasteiger partial charge is 0.361 e. The Morgan fingerprint density at radius 3 is 3.07 bits per heavy atom. The zero-order chi connectivity index (χ0) is 10.7. The van der Waals surface area contributed by atoms with E-state index in [1.807, 2.05) is 13.1 Å². The van der Waals surface area contributed by atoms with Crippen LogP contribution in [0.5, 0.6) is 0 Å². The molecule has 78 valence electrons. The van der Waals surface area contributed by atoms with Crippen molar-refractivity contribution in [3.05, 3.63) is 42.1 Å². The average molecular weight is 200 g/mol. The maximum atomic E-state index is 5.67. The van der Waals surface area contributed by atoms with E-state index in [0.717, 1.165) is 6.42 Å². The first-order chi connectivity index (χ1) is 7.25. The second-order valence-corrected chi connectivity index (χ2v) is 3.94. The summed E-state index contributed by atoms with van der Waals surface area (Å²) in [6.07, 6.45) is 7.11. The van der Waals surface area contributed by atoms with Crippen LogP contribution in [0.1, 0.15) is 18.9 Å². The van der Waals surface area contributed by atoms with Gasteiger partial charge in [-0.2, -0.15) is 0 Å². The van der Waals surface area contributed by atoms with E-state index in [0.29, 0.717) is 0 Å². The van der Waals surface area contributed by atoms with E-state index in [9.17, 15) is 0 Å². The van der Waals surface area contributed by atoms with Crippen molar-refractivity contribution >= 4 is 17.0 Å². The second kappa shape index (κ2) is 4.32. The van der Waals surface area contributed by atoms with Crippen LogP contribution in [0.4, 0.5) is 0 Å². The summed E-state index contributed by atoms with van der Waals surface area (Å²) in [5.41, 5.74) is 8.07. The molecule has 15 heavy (non-hydrogen) atoms. The highest BCUT2D eigenvalue weighted by atomic mass is 14.7. The van der Waals surface area contributed by atoms with Crippen molar-refractivity contribution in [3.8, 4) is 0 Å². The van der Waals surface area contributed by atoms with Gasteiger partial charge in [0.2, 0.25) is 0 Å². The minimum absolute atomic E-state index is 0.232. The molecule has 1 aromatic carbocycles. The zero-order valence-electron chi connectivity index (χ0n) is 8.90. The fourth-order valence-corrected chi connectivity index (χ4v) is 1.59. The van der Waals surface area contributed by atoms with Crippen molar-refractivity contribution in [2.45, 2.75) is 19.4 Å². The third-order valence-electron chi connectivity index (χ3n) is 2.40. The zero-order valence-corrected chi connectivity index (χ0v) is 8.90. The molecule has 1 heterocycles. The predicted octanol–water partition coefficient (Wildman–Crippen LogP) is 2.92. The molecule has 1 aromatic heterocycles. The van der Waals surface area contributed by atoms with Crippen LogP contribution in [-0.4, -0.2) is 11.0 Å². The number of nitrogens with one attached hydrogen (secondary N) is 1. The van der Waals surface area contributed by atoms with E-state index >= 15 is 0 Å². The fraction of sp³-hybridized carbons (Fsp3) is 0.231. The van der Waals surface area contributed by atoms with Gasteiger partial charge in [0, 0.05) is 17.8 Å². The van der Waals surface area contributed by atoms with Crippen LogP contribution in [0.2, 0.25) is 0 Å². The van der Waals surface area contributed by atoms with Crippen molar-refractivity contribution in [2.75, 3.05) is 0 Å². The highest BCUT2D eigenvalue weighted by molar-refractivity contribution is 5.81. The molecule has 0 aliphatic rings. The van der Waals surface area contributed by atoms with Gasteiger partial charge in [-0.05, 0) is 36.4 Å². The topological polar surface area (TPSA) is 41.8 Å². The summed E-state index contributed by atoms with van der Waals surface area (Å²) < 4.78 is 0. The normalized spacial score (nSPS) is 13.7. The van der Waals surface area contributed by atoms with Gasteiger partial charge in [-0.1, -0.05) is 24.3 Å². The SMILES string of the molecule is CC(N)C/C=C/c1ccc2cc[nH]c2c1. The molecular formula is C13H16N2. The van der Waals surface area contributed by atoms with E-state index < -0.39 is 0 Å². The first-order valence-corrected chi connectivity index (χ1v) is 5.25. The lowest BCUT2D eigenvalue weighted by Crippen LogP contribution is -2.12. The number of hydrogen-bond acceptors (Lipinski definition) is 1. The molecule has 0 bridgehead atoms. The molecule has 2 aromatic rings. The molecule has 0 radical (unpaired) electrons. The van der Waals surface area contributed by atoms with Gasteiger partial charge in [-0.15, -0.1) is 0 Å². The standard InChI is InChI=1S/C13H16N2/c1-10(14)3-2-4-11-5-6-12-7-8-15-13(12)9-11/h2,4-10,15H,3,14H2,1H3/b4-2+. The summed E-state index contributed by atoms with van der Waals surface area (Å²) >= 11 is 0. The van der Waals surface area contributed by atoms with Crippen LogP contribution in [0.25, 0.3) is 17.0 Å². The van der Waals surface area contributed by atoms with Crippen molar-refractivity contribution in [1.82, 2.24) is 4.98 Å². The van der Waals surface area contributed by atoms with Gasteiger partial charge in [0.15, 0.2) is 0 Å². The van der Waals surface area contributed by atoms with Crippen molar-refractivity contribution in [1.29, 1.82) is 0 Å². The Morgan fingerprint density at radius 1 is 1.40 bits per heavy atom. The van der Waals surface area contributed by atoms with Crippen molar-refractivity contribution in [2.24, 2.45) is 5.73 Å². The summed E-state index contributed by atoms with van der Waals surface area (Å²) in [6, 6.07) is 8.69. The smallest absolute Gasteiger partial charge is 0.0459 e. The van der Waals surface area contributed by atoms with Gasteiger partial charge in [0.25, 0.3) is 0 Å². The average Bonchev–Trinajstić information content (AvgIpc) is 2.64. The molecular weight excluding hydrogens is 184 g/mol. The van der Waals surface area contributed by atoms with Crippen LogP contribution in [0.3, 0.4) is 0 Å². The second-order valence-electron chi connectivity index (χ2n) is 3.94. The van der Waals surface area contributed by atoms with Crippen LogP contribution in [0.15, 0.2) is 36.5 Å². The van der Waals surface area contributed by atoms with Crippen molar-refractivity contribution in [3.63, 3.8) is 0 Å². The summed E-state index contributed by atoms with van der Waals surface area (Å²) in [4.78, 5) is 3.20.